The summed E-state index contributed by atoms with van der Waals surface area (Å²) in [5.74, 6) is 0.313. The molecule has 2 nitrogen and oxygen atoms in total. The third-order valence-corrected chi connectivity index (χ3v) is 2.67. The van der Waals surface area contributed by atoms with Crippen molar-refractivity contribution in [1.82, 2.24) is 0 Å². The molecule has 0 bridgehead atoms. The summed E-state index contributed by atoms with van der Waals surface area (Å²) in [5, 5.41) is 0. The van der Waals surface area contributed by atoms with Gasteiger partial charge in [-0.15, -0.1) is 0 Å². The number of halogens is 1. The highest BCUT2D eigenvalue weighted by Crippen LogP contribution is 2.30. The van der Waals surface area contributed by atoms with E-state index in [1.165, 1.54) is 13.2 Å². The molecule has 84 valence electrons. The molecule has 0 amide bonds. The van der Waals surface area contributed by atoms with Gasteiger partial charge in [0.1, 0.15) is 11.6 Å². The summed E-state index contributed by atoms with van der Waals surface area (Å²) in [6.07, 6.45) is 0.760. The molecule has 0 spiro atoms. The van der Waals surface area contributed by atoms with Crippen LogP contribution in [0.1, 0.15) is 25.8 Å². The van der Waals surface area contributed by atoms with Gasteiger partial charge in [0, 0.05) is 6.07 Å². The Morgan fingerprint density at radius 1 is 1.40 bits per heavy atom. The summed E-state index contributed by atoms with van der Waals surface area (Å²) < 4.78 is 18.7. The predicted octanol–water partition coefficient (Wildman–Crippen LogP) is 2.46. The highest BCUT2D eigenvalue weighted by Gasteiger charge is 2.23. The lowest BCUT2D eigenvalue weighted by Crippen LogP contribution is -2.23. The van der Waals surface area contributed by atoms with Gasteiger partial charge in [0.15, 0.2) is 0 Å². The van der Waals surface area contributed by atoms with E-state index in [0.717, 1.165) is 6.42 Å². The lowest BCUT2D eigenvalue weighted by Gasteiger charge is -2.25. The van der Waals surface area contributed by atoms with Gasteiger partial charge in [-0.25, -0.2) is 4.39 Å². The van der Waals surface area contributed by atoms with Crippen LogP contribution in [-0.2, 0) is 5.41 Å². The maximum absolute atomic E-state index is 13.7. The van der Waals surface area contributed by atoms with E-state index in [2.05, 4.69) is 0 Å². The van der Waals surface area contributed by atoms with E-state index in [4.69, 9.17) is 10.5 Å². The van der Waals surface area contributed by atoms with E-state index in [-0.39, 0.29) is 11.2 Å². The Morgan fingerprint density at radius 3 is 2.53 bits per heavy atom. The van der Waals surface area contributed by atoms with Crippen LogP contribution in [0.4, 0.5) is 4.39 Å². The quantitative estimate of drug-likeness (QED) is 0.830. The molecule has 15 heavy (non-hydrogen) atoms. The van der Waals surface area contributed by atoms with Crippen molar-refractivity contribution >= 4 is 0 Å². The van der Waals surface area contributed by atoms with E-state index in [0.29, 0.717) is 17.9 Å². The molecule has 0 atom stereocenters. The summed E-state index contributed by atoms with van der Waals surface area (Å²) in [6, 6.07) is 4.95. The van der Waals surface area contributed by atoms with Crippen LogP contribution < -0.4 is 10.5 Å². The number of hydrogen-bond donors (Lipinski definition) is 1. The number of ether oxygens (including phenoxy) is 1. The Kier molecular flexibility index (Phi) is 3.69. The fourth-order valence-electron chi connectivity index (χ4n) is 1.67. The fraction of sp³-hybridized carbons (Fsp3) is 0.500. The first-order chi connectivity index (χ1) is 7.01. The number of methoxy groups -OCH3 is 1. The molecular weight excluding hydrogens is 193 g/mol. The molecule has 0 aromatic heterocycles. The molecule has 0 saturated heterocycles. The molecule has 0 aliphatic carbocycles. The summed E-state index contributed by atoms with van der Waals surface area (Å²) in [7, 11) is 1.53. The molecule has 0 unspecified atom stereocenters. The smallest absolute Gasteiger partial charge is 0.130 e. The Hall–Kier alpha value is -1.09. The van der Waals surface area contributed by atoms with Crippen LogP contribution in [0.15, 0.2) is 18.2 Å². The van der Waals surface area contributed by atoms with Gasteiger partial charge in [0.25, 0.3) is 0 Å². The van der Waals surface area contributed by atoms with Gasteiger partial charge in [0.05, 0.1) is 7.11 Å². The SMILES string of the molecule is COc1ccc(C(C)(C)CCN)c(F)c1. The molecule has 1 rings (SSSR count). The van der Waals surface area contributed by atoms with E-state index < -0.39 is 0 Å². The van der Waals surface area contributed by atoms with Gasteiger partial charge in [0.2, 0.25) is 0 Å². The van der Waals surface area contributed by atoms with Gasteiger partial charge in [-0.2, -0.15) is 0 Å². The summed E-state index contributed by atoms with van der Waals surface area (Å²) in [4.78, 5) is 0. The van der Waals surface area contributed by atoms with Gasteiger partial charge in [-0.05, 0) is 30.0 Å². The van der Waals surface area contributed by atoms with Crippen LogP contribution >= 0.6 is 0 Å². The summed E-state index contributed by atoms with van der Waals surface area (Å²) >= 11 is 0. The van der Waals surface area contributed by atoms with Gasteiger partial charge in [-0.3, -0.25) is 0 Å². The Labute approximate surface area is 90.2 Å². The first-order valence-corrected chi connectivity index (χ1v) is 5.05. The molecule has 1 aromatic carbocycles. The van der Waals surface area contributed by atoms with Crippen LogP contribution in [-0.4, -0.2) is 13.7 Å². The zero-order chi connectivity index (χ0) is 11.5. The van der Waals surface area contributed by atoms with E-state index in [9.17, 15) is 4.39 Å². The number of nitrogens with two attached hydrogens (primary N) is 1. The molecule has 0 aliphatic rings. The van der Waals surface area contributed by atoms with Crippen molar-refractivity contribution < 1.29 is 9.13 Å². The van der Waals surface area contributed by atoms with Crippen molar-refractivity contribution in [3.63, 3.8) is 0 Å². The van der Waals surface area contributed by atoms with Gasteiger partial charge >= 0.3 is 0 Å². The predicted molar refractivity (Wildman–Crippen MR) is 59.6 cm³/mol. The minimum atomic E-state index is -0.231. The summed E-state index contributed by atoms with van der Waals surface area (Å²) in [5.41, 5.74) is 5.97. The average Bonchev–Trinajstić information content (AvgIpc) is 2.17. The largest absolute Gasteiger partial charge is 0.497 e. The van der Waals surface area contributed by atoms with Gasteiger partial charge in [-0.1, -0.05) is 19.9 Å². The Bertz CT molecular complexity index is 336. The topological polar surface area (TPSA) is 35.2 Å². The zero-order valence-corrected chi connectivity index (χ0v) is 9.51. The van der Waals surface area contributed by atoms with E-state index >= 15 is 0 Å². The van der Waals surface area contributed by atoms with Crippen molar-refractivity contribution in [3.05, 3.63) is 29.6 Å². The molecule has 2 N–H and O–H groups in total. The number of hydrogen-bond acceptors (Lipinski definition) is 2. The number of benzene rings is 1. The van der Waals surface area contributed by atoms with Crippen LogP contribution in [0, 0.1) is 5.82 Å². The first-order valence-electron chi connectivity index (χ1n) is 5.05. The lowest BCUT2D eigenvalue weighted by atomic mass is 9.81. The third-order valence-electron chi connectivity index (χ3n) is 2.67. The van der Waals surface area contributed by atoms with Crippen LogP contribution in [0.25, 0.3) is 0 Å². The highest BCUT2D eigenvalue weighted by atomic mass is 19.1. The number of rotatable bonds is 4. The maximum Gasteiger partial charge on any atom is 0.130 e. The van der Waals surface area contributed by atoms with Crippen LogP contribution in [0.5, 0.6) is 5.75 Å². The minimum Gasteiger partial charge on any atom is -0.497 e. The molecule has 0 heterocycles. The van der Waals surface area contributed by atoms with Crippen molar-refractivity contribution in [1.29, 1.82) is 0 Å². The molecule has 0 fully saturated rings. The summed E-state index contributed by atoms with van der Waals surface area (Å²) in [6.45, 7) is 4.54. The normalized spacial score (nSPS) is 11.5. The Morgan fingerprint density at radius 2 is 2.07 bits per heavy atom. The van der Waals surface area contributed by atoms with Crippen molar-refractivity contribution in [2.24, 2.45) is 5.73 Å². The van der Waals surface area contributed by atoms with Crippen molar-refractivity contribution in [2.75, 3.05) is 13.7 Å². The van der Waals surface area contributed by atoms with Crippen LogP contribution in [0.2, 0.25) is 0 Å². The maximum atomic E-state index is 13.7. The molecule has 0 aliphatic heterocycles. The second-order valence-electron chi connectivity index (χ2n) is 4.27. The zero-order valence-electron chi connectivity index (χ0n) is 9.51. The third kappa shape index (κ3) is 2.69. The second kappa shape index (κ2) is 4.62. The molecule has 0 saturated carbocycles. The highest BCUT2D eigenvalue weighted by molar-refractivity contribution is 5.33. The van der Waals surface area contributed by atoms with E-state index in [1.807, 2.05) is 13.8 Å². The molecule has 3 heteroatoms. The van der Waals surface area contributed by atoms with Gasteiger partial charge < -0.3 is 10.5 Å². The van der Waals surface area contributed by atoms with Crippen molar-refractivity contribution in [2.45, 2.75) is 25.7 Å². The molecule has 1 aromatic rings. The van der Waals surface area contributed by atoms with Crippen LogP contribution in [0.3, 0.4) is 0 Å². The molecule has 0 radical (unpaired) electrons. The standard InChI is InChI=1S/C12H18FNO/c1-12(2,6-7-14)10-5-4-9(15-3)8-11(10)13/h4-5,8H,6-7,14H2,1-3H3. The first kappa shape index (κ1) is 12.0. The second-order valence-corrected chi connectivity index (χ2v) is 4.27. The van der Waals surface area contributed by atoms with Crippen molar-refractivity contribution in [3.8, 4) is 5.75 Å². The molecular formula is C12H18FNO. The lowest BCUT2D eigenvalue weighted by molar-refractivity contribution is 0.406. The average molecular weight is 211 g/mol. The monoisotopic (exact) mass is 211 g/mol. The Balaban J connectivity index is 3.04. The fourth-order valence-corrected chi connectivity index (χ4v) is 1.67. The minimum absolute atomic E-state index is 0.229. The van der Waals surface area contributed by atoms with E-state index in [1.54, 1.807) is 12.1 Å².